The van der Waals surface area contributed by atoms with Gasteiger partial charge in [0, 0.05) is 14.1 Å². The van der Waals surface area contributed by atoms with Crippen LogP contribution in [-0.4, -0.2) is 43.7 Å². The molecule has 0 fully saturated rings. The van der Waals surface area contributed by atoms with Gasteiger partial charge in [0.1, 0.15) is 17.9 Å². The number of fused-ring (bicyclic) bond motifs is 1. The number of hydroxylamine groups is 2. The van der Waals surface area contributed by atoms with E-state index in [9.17, 15) is 9.18 Å². The van der Waals surface area contributed by atoms with Crippen molar-refractivity contribution >= 4 is 32.6 Å². The maximum Gasteiger partial charge on any atom is 0.265 e. The van der Waals surface area contributed by atoms with Gasteiger partial charge >= 0.3 is 0 Å². The molecule has 0 N–H and O–H groups in total. The van der Waals surface area contributed by atoms with Crippen molar-refractivity contribution in [3.63, 3.8) is 0 Å². The summed E-state index contributed by atoms with van der Waals surface area (Å²) in [5.74, 6) is -0.557. The van der Waals surface area contributed by atoms with Crippen molar-refractivity contribution in [2.75, 3.05) is 32.6 Å². The predicted octanol–water partition coefficient (Wildman–Crippen LogP) is 1.89. The number of carbonyl (C=O) groups is 1. The number of likely N-dealkylation sites (N-methyl/N-ethyl adjacent to an activating group) is 2. The van der Waals surface area contributed by atoms with Crippen LogP contribution in [0.15, 0.2) is 18.2 Å². The molecule has 0 radical (unpaired) electrons. The van der Waals surface area contributed by atoms with Crippen molar-refractivity contribution in [2.24, 2.45) is 0 Å². The summed E-state index contributed by atoms with van der Waals surface area (Å²) in [5, 5.41) is 1.74. The number of nitrogens with zero attached hydrogens (tertiary/aromatic N) is 3. The van der Waals surface area contributed by atoms with Gasteiger partial charge in [0.2, 0.25) is 0 Å². The Hall–Kier alpha value is -1.73. The van der Waals surface area contributed by atoms with Gasteiger partial charge in [0.15, 0.2) is 5.13 Å². The van der Waals surface area contributed by atoms with Crippen LogP contribution in [0.4, 0.5) is 9.52 Å². The van der Waals surface area contributed by atoms with Crippen LogP contribution >= 0.6 is 11.3 Å². The Kier molecular flexibility index (Phi) is 3.96. The second-order valence-corrected chi connectivity index (χ2v) is 5.02. The standard InChI is InChI=1S/C12H14FN3O2S/c1-15(7-10(17)16(2)18-3)12-14-11-8(13)5-4-6-9(11)19-12/h4-6H,7H2,1-3H3. The van der Waals surface area contributed by atoms with Gasteiger partial charge in [0.25, 0.3) is 5.91 Å². The average molecular weight is 283 g/mol. The second-order valence-electron chi connectivity index (χ2n) is 4.01. The minimum Gasteiger partial charge on any atom is -0.342 e. The summed E-state index contributed by atoms with van der Waals surface area (Å²) in [6, 6.07) is 4.82. The van der Waals surface area contributed by atoms with E-state index < -0.39 is 0 Å². The lowest BCUT2D eigenvalue weighted by molar-refractivity contribution is -0.166. The van der Waals surface area contributed by atoms with Crippen molar-refractivity contribution in [2.45, 2.75) is 0 Å². The molecule has 0 saturated heterocycles. The molecule has 7 heteroatoms. The molecule has 0 spiro atoms. The number of thiazole rings is 1. The van der Waals surface area contributed by atoms with Crippen molar-refractivity contribution in [3.05, 3.63) is 24.0 Å². The summed E-state index contributed by atoms with van der Waals surface area (Å²) >= 11 is 1.34. The van der Waals surface area contributed by atoms with Gasteiger partial charge in [-0.1, -0.05) is 17.4 Å². The maximum atomic E-state index is 13.5. The molecule has 2 aromatic rings. The minimum absolute atomic E-state index is 0.117. The van der Waals surface area contributed by atoms with Crippen molar-refractivity contribution in [3.8, 4) is 0 Å². The lowest BCUT2D eigenvalue weighted by Gasteiger charge is -2.19. The molecule has 0 bridgehead atoms. The van der Waals surface area contributed by atoms with E-state index in [1.54, 1.807) is 24.1 Å². The Balaban J connectivity index is 2.20. The SMILES string of the molecule is CON(C)C(=O)CN(C)c1nc2c(F)cccc2s1. The van der Waals surface area contributed by atoms with Crippen LogP contribution in [0.1, 0.15) is 0 Å². The number of hydrogen-bond acceptors (Lipinski definition) is 5. The van der Waals surface area contributed by atoms with Crippen LogP contribution in [-0.2, 0) is 9.63 Å². The highest BCUT2D eigenvalue weighted by molar-refractivity contribution is 7.22. The largest absolute Gasteiger partial charge is 0.342 e. The number of carbonyl (C=O) groups excluding carboxylic acids is 1. The minimum atomic E-state index is -0.353. The molecule has 19 heavy (non-hydrogen) atoms. The van der Waals surface area contributed by atoms with E-state index in [1.165, 1.54) is 31.6 Å². The Morgan fingerprint density at radius 3 is 2.84 bits per heavy atom. The quantitative estimate of drug-likeness (QED) is 0.804. The fraction of sp³-hybridized carbons (Fsp3) is 0.333. The Labute approximate surface area is 114 Å². The smallest absolute Gasteiger partial charge is 0.265 e. The zero-order valence-electron chi connectivity index (χ0n) is 10.9. The van der Waals surface area contributed by atoms with Crippen molar-refractivity contribution in [1.82, 2.24) is 10.0 Å². The molecule has 0 saturated carbocycles. The summed E-state index contributed by atoms with van der Waals surface area (Å²) in [7, 11) is 4.69. The van der Waals surface area contributed by atoms with Crippen LogP contribution in [0.2, 0.25) is 0 Å². The number of amides is 1. The molecular formula is C12H14FN3O2S. The third kappa shape index (κ3) is 2.82. The first-order valence-corrected chi connectivity index (χ1v) is 6.41. The maximum absolute atomic E-state index is 13.5. The van der Waals surface area contributed by atoms with Crippen LogP contribution < -0.4 is 4.90 Å². The van der Waals surface area contributed by atoms with Crippen LogP contribution in [0, 0.1) is 5.82 Å². The third-order valence-corrected chi connectivity index (χ3v) is 3.82. The van der Waals surface area contributed by atoms with E-state index >= 15 is 0 Å². The highest BCUT2D eigenvalue weighted by atomic mass is 32.1. The van der Waals surface area contributed by atoms with E-state index in [0.717, 1.165) is 9.76 Å². The predicted molar refractivity (Wildman–Crippen MR) is 72.6 cm³/mol. The zero-order chi connectivity index (χ0) is 14.0. The van der Waals surface area contributed by atoms with Crippen LogP contribution in [0.3, 0.4) is 0 Å². The van der Waals surface area contributed by atoms with Gasteiger partial charge in [-0.05, 0) is 12.1 Å². The van der Waals surface area contributed by atoms with Crippen LogP contribution in [0.5, 0.6) is 0 Å². The number of anilines is 1. The molecule has 0 aliphatic heterocycles. The number of halogens is 1. The molecule has 102 valence electrons. The summed E-state index contributed by atoms with van der Waals surface area (Å²) in [6.45, 7) is 0.117. The summed E-state index contributed by atoms with van der Waals surface area (Å²) < 4.78 is 14.3. The molecule has 0 aliphatic carbocycles. The molecule has 0 aliphatic rings. The van der Waals surface area contributed by atoms with Gasteiger partial charge in [0.05, 0.1) is 11.8 Å². The Morgan fingerprint density at radius 1 is 1.47 bits per heavy atom. The summed E-state index contributed by atoms with van der Waals surface area (Å²) in [5.41, 5.74) is 0.335. The molecule has 0 unspecified atom stereocenters. The molecule has 5 nitrogen and oxygen atoms in total. The van der Waals surface area contributed by atoms with Crippen molar-refractivity contribution in [1.29, 1.82) is 0 Å². The van der Waals surface area contributed by atoms with Gasteiger partial charge in [-0.2, -0.15) is 0 Å². The first kappa shape index (κ1) is 13.7. The summed E-state index contributed by atoms with van der Waals surface area (Å²) in [4.78, 5) is 22.4. The van der Waals surface area contributed by atoms with Crippen molar-refractivity contribution < 1.29 is 14.0 Å². The van der Waals surface area contributed by atoms with Gasteiger partial charge < -0.3 is 4.90 Å². The number of hydrogen-bond donors (Lipinski definition) is 0. The van der Waals surface area contributed by atoms with E-state index in [1.807, 2.05) is 0 Å². The Morgan fingerprint density at radius 2 is 2.21 bits per heavy atom. The monoisotopic (exact) mass is 283 g/mol. The van der Waals surface area contributed by atoms with E-state index in [-0.39, 0.29) is 18.3 Å². The average Bonchev–Trinajstić information content (AvgIpc) is 2.83. The number of rotatable bonds is 4. The molecule has 1 heterocycles. The van der Waals surface area contributed by atoms with Gasteiger partial charge in [-0.25, -0.2) is 14.4 Å². The molecule has 1 aromatic heterocycles. The molecule has 1 aromatic carbocycles. The summed E-state index contributed by atoms with van der Waals surface area (Å²) in [6.07, 6.45) is 0. The highest BCUT2D eigenvalue weighted by Gasteiger charge is 2.16. The lowest BCUT2D eigenvalue weighted by atomic mass is 10.3. The normalized spacial score (nSPS) is 10.7. The van der Waals surface area contributed by atoms with E-state index in [0.29, 0.717) is 10.6 Å². The molecular weight excluding hydrogens is 269 g/mol. The van der Waals surface area contributed by atoms with E-state index in [2.05, 4.69) is 4.98 Å². The number of benzene rings is 1. The lowest BCUT2D eigenvalue weighted by Crippen LogP contribution is -2.35. The first-order chi connectivity index (χ1) is 9.02. The second kappa shape index (κ2) is 5.50. The third-order valence-electron chi connectivity index (χ3n) is 2.68. The topological polar surface area (TPSA) is 45.7 Å². The van der Waals surface area contributed by atoms with Gasteiger partial charge in [-0.3, -0.25) is 9.63 Å². The van der Waals surface area contributed by atoms with Crippen LogP contribution in [0.25, 0.3) is 10.2 Å². The molecule has 1 amide bonds. The zero-order valence-corrected chi connectivity index (χ0v) is 11.7. The fourth-order valence-corrected chi connectivity index (χ4v) is 2.48. The highest BCUT2D eigenvalue weighted by Crippen LogP contribution is 2.29. The Bertz CT molecular complexity index is 602. The molecule has 0 atom stereocenters. The molecule has 2 rings (SSSR count). The van der Waals surface area contributed by atoms with E-state index in [4.69, 9.17) is 4.84 Å². The van der Waals surface area contributed by atoms with Gasteiger partial charge in [-0.15, -0.1) is 0 Å². The number of para-hydroxylation sites is 1. The first-order valence-electron chi connectivity index (χ1n) is 5.59. The fourth-order valence-electron chi connectivity index (χ4n) is 1.54. The number of aromatic nitrogens is 1.